The summed E-state index contributed by atoms with van der Waals surface area (Å²) in [5.74, 6) is 1.41. The van der Waals surface area contributed by atoms with Gasteiger partial charge in [-0.15, -0.1) is 0 Å². The second-order valence-electron chi connectivity index (χ2n) is 6.76. The summed E-state index contributed by atoms with van der Waals surface area (Å²) in [7, 11) is 4.53. The fraction of sp³-hybridized carbons (Fsp3) is 0.130. The fourth-order valence-electron chi connectivity index (χ4n) is 3.38. The van der Waals surface area contributed by atoms with Crippen LogP contribution in [0.1, 0.15) is 11.1 Å². The average molecular weight is 419 g/mol. The van der Waals surface area contributed by atoms with Crippen molar-refractivity contribution in [1.29, 1.82) is 0 Å². The molecule has 0 aliphatic carbocycles. The van der Waals surface area contributed by atoms with Crippen LogP contribution in [-0.2, 0) is 0 Å². The first-order chi connectivity index (χ1) is 15.0. The molecule has 0 unspecified atom stereocenters. The van der Waals surface area contributed by atoms with Gasteiger partial charge in [-0.05, 0) is 18.2 Å². The van der Waals surface area contributed by atoms with Crippen molar-refractivity contribution < 1.29 is 14.2 Å². The lowest BCUT2D eigenvalue weighted by Crippen LogP contribution is -2.46. The van der Waals surface area contributed by atoms with Crippen molar-refractivity contribution in [3.63, 3.8) is 0 Å². The minimum Gasteiger partial charge on any atom is -0.496 e. The molecule has 0 saturated carbocycles. The van der Waals surface area contributed by atoms with Crippen LogP contribution in [0.3, 0.4) is 0 Å². The van der Waals surface area contributed by atoms with Gasteiger partial charge in [-0.3, -0.25) is 9.59 Å². The fourth-order valence-corrected chi connectivity index (χ4v) is 3.38. The van der Waals surface area contributed by atoms with E-state index >= 15 is 0 Å². The number of aromatic amines is 3. The molecule has 8 heteroatoms. The van der Waals surface area contributed by atoms with Gasteiger partial charge in [-0.25, -0.2) is 0 Å². The van der Waals surface area contributed by atoms with E-state index in [2.05, 4.69) is 15.0 Å². The quantitative estimate of drug-likeness (QED) is 0.451. The van der Waals surface area contributed by atoms with Crippen LogP contribution in [0.4, 0.5) is 0 Å². The first kappa shape index (κ1) is 20.1. The van der Waals surface area contributed by atoms with Gasteiger partial charge in [0.25, 0.3) is 11.1 Å². The molecule has 2 heterocycles. The van der Waals surface area contributed by atoms with Crippen LogP contribution < -0.4 is 36.0 Å². The molecule has 8 nitrogen and oxygen atoms in total. The highest BCUT2D eigenvalue weighted by Crippen LogP contribution is 2.34. The van der Waals surface area contributed by atoms with Crippen molar-refractivity contribution in [3.05, 3.63) is 85.1 Å². The maximum absolute atomic E-state index is 12.7. The zero-order valence-electron chi connectivity index (χ0n) is 17.2. The summed E-state index contributed by atoms with van der Waals surface area (Å²) in [6, 6.07) is 11.0. The molecule has 4 rings (SSSR count). The number of methoxy groups -OCH3 is 3. The van der Waals surface area contributed by atoms with Gasteiger partial charge in [0.2, 0.25) is 0 Å². The van der Waals surface area contributed by atoms with Crippen molar-refractivity contribution in [2.24, 2.45) is 0 Å². The Morgan fingerprint density at radius 1 is 0.806 bits per heavy atom. The van der Waals surface area contributed by atoms with Crippen molar-refractivity contribution in [1.82, 2.24) is 15.0 Å². The SMILES string of the molecule is COc1cc(OC)c(/C=c2\[nH]c(=O)/c(=C\c3c[nH]c4ccccc34)[nH]c2=O)c(OC)c1. The molecular formula is C23H21N3O5. The van der Waals surface area contributed by atoms with E-state index in [9.17, 15) is 9.59 Å². The number of rotatable bonds is 5. The summed E-state index contributed by atoms with van der Waals surface area (Å²) in [6.07, 6.45) is 4.93. The van der Waals surface area contributed by atoms with Gasteiger partial charge in [0, 0.05) is 34.8 Å². The predicted octanol–water partition coefficient (Wildman–Crippen LogP) is 1.23. The zero-order chi connectivity index (χ0) is 22.0. The number of aromatic nitrogens is 3. The van der Waals surface area contributed by atoms with E-state index in [-0.39, 0.29) is 10.7 Å². The number of ether oxygens (including phenoxy) is 3. The van der Waals surface area contributed by atoms with E-state index < -0.39 is 11.1 Å². The Morgan fingerprint density at radius 2 is 1.42 bits per heavy atom. The van der Waals surface area contributed by atoms with Gasteiger partial charge in [-0.2, -0.15) is 0 Å². The van der Waals surface area contributed by atoms with Crippen LogP contribution in [0.5, 0.6) is 17.2 Å². The van der Waals surface area contributed by atoms with Gasteiger partial charge >= 0.3 is 0 Å². The largest absolute Gasteiger partial charge is 0.496 e. The van der Waals surface area contributed by atoms with Crippen molar-refractivity contribution in [2.45, 2.75) is 0 Å². The van der Waals surface area contributed by atoms with E-state index in [1.165, 1.54) is 27.4 Å². The number of fused-ring (bicyclic) bond motifs is 1. The van der Waals surface area contributed by atoms with E-state index in [1.807, 2.05) is 24.3 Å². The average Bonchev–Trinajstić information content (AvgIpc) is 3.19. The maximum Gasteiger partial charge on any atom is 0.272 e. The normalized spacial score (nSPS) is 12.4. The number of hydrogen-bond acceptors (Lipinski definition) is 5. The Labute approximate surface area is 176 Å². The van der Waals surface area contributed by atoms with E-state index in [0.717, 1.165) is 16.5 Å². The summed E-state index contributed by atoms with van der Waals surface area (Å²) in [5, 5.41) is 1.18. The third kappa shape index (κ3) is 3.83. The van der Waals surface area contributed by atoms with E-state index in [0.29, 0.717) is 22.8 Å². The second kappa shape index (κ2) is 8.27. The van der Waals surface area contributed by atoms with Gasteiger partial charge in [-0.1, -0.05) is 18.2 Å². The molecule has 0 amide bonds. The van der Waals surface area contributed by atoms with Gasteiger partial charge < -0.3 is 29.2 Å². The zero-order valence-corrected chi connectivity index (χ0v) is 17.2. The molecule has 31 heavy (non-hydrogen) atoms. The third-order valence-corrected chi connectivity index (χ3v) is 4.95. The first-order valence-electron chi connectivity index (χ1n) is 9.46. The minimum absolute atomic E-state index is 0.0721. The van der Waals surface area contributed by atoms with Crippen molar-refractivity contribution >= 4 is 23.1 Å². The van der Waals surface area contributed by atoms with Crippen molar-refractivity contribution in [3.8, 4) is 17.2 Å². The molecule has 0 radical (unpaired) electrons. The highest BCUT2D eigenvalue weighted by molar-refractivity contribution is 5.88. The molecule has 0 aliphatic heterocycles. The Kier molecular flexibility index (Phi) is 5.36. The summed E-state index contributed by atoms with van der Waals surface area (Å²) in [6.45, 7) is 0. The molecule has 0 aliphatic rings. The number of nitrogens with one attached hydrogen (secondary N) is 3. The Balaban J connectivity index is 1.88. The highest BCUT2D eigenvalue weighted by atomic mass is 16.5. The minimum atomic E-state index is -0.453. The number of benzene rings is 2. The Morgan fingerprint density at radius 3 is 2.03 bits per heavy atom. The smallest absolute Gasteiger partial charge is 0.272 e. The van der Waals surface area contributed by atoms with Crippen LogP contribution in [0.2, 0.25) is 0 Å². The predicted molar refractivity (Wildman–Crippen MR) is 118 cm³/mol. The Bertz CT molecular complexity index is 1470. The van der Waals surface area contributed by atoms with Crippen LogP contribution in [-0.4, -0.2) is 36.3 Å². The monoisotopic (exact) mass is 419 g/mol. The maximum atomic E-state index is 12.7. The molecule has 4 aromatic rings. The first-order valence-corrected chi connectivity index (χ1v) is 9.46. The van der Waals surface area contributed by atoms with Crippen LogP contribution in [0, 0.1) is 0 Å². The molecular weight excluding hydrogens is 398 g/mol. The van der Waals surface area contributed by atoms with Crippen LogP contribution >= 0.6 is 0 Å². The van der Waals surface area contributed by atoms with Gasteiger partial charge in [0.05, 0.1) is 26.9 Å². The standard InChI is InChI=1S/C23H21N3O5/c1-29-14-9-20(30-2)16(21(10-14)31-3)11-19-23(28)25-18(22(27)26-19)8-13-12-24-17-7-5-4-6-15(13)17/h4-12,24H,1-3H3,(H,25,28)(H,26,27)/b18-8+,19-11-. The number of H-pyrrole nitrogens is 3. The Hall–Kier alpha value is -4.20. The molecule has 2 aromatic carbocycles. The molecule has 0 fully saturated rings. The van der Waals surface area contributed by atoms with Crippen LogP contribution in [0.15, 0.2) is 52.2 Å². The lowest BCUT2D eigenvalue weighted by Gasteiger charge is -2.12. The van der Waals surface area contributed by atoms with Crippen molar-refractivity contribution in [2.75, 3.05) is 21.3 Å². The summed E-state index contributed by atoms with van der Waals surface area (Å²) in [5.41, 5.74) is 1.36. The second-order valence-corrected chi connectivity index (χ2v) is 6.76. The topological polar surface area (TPSA) is 109 Å². The third-order valence-electron chi connectivity index (χ3n) is 4.95. The molecule has 0 atom stereocenters. The number of hydrogen-bond donors (Lipinski definition) is 3. The highest BCUT2D eigenvalue weighted by Gasteiger charge is 2.12. The molecule has 158 valence electrons. The molecule has 0 saturated heterocycles. The number of para-hydroxylation sites is 1. The summed E-state index contributed by atoms with van der Waals surface area (Å²) < 4.78 is 16.0. The lowest BCUT2D eigenvalue weighted by molar-refractivity contribution is 0.374. The van der Waals surface area contributed by atoms with Gasteiger partial charge in [0.15, 0.2) is 0 Å². The van der Waals surface area contributed by atoms with Gasteiger partial charge in [0.1, 0.15) is 27.9 Å². The summed E-state index contributed by atoms with van der Waals surface area (Å²) in [4.78, 5) is 33.9. The summed E-state index contributed by atoms with van der Waals surface area (Å²) >= 11 is 0. The molecule has 2 aromatic heterocycles. The molecule has 0 bridgehead atoms. The van der Waals surface area contributed by atoms with Crippen LogP contribution in [0.25, 0.3) is 23.1 Å². The van der Waals surface area contributed by atoms with E-state index in [1.54, 1.807) is 24.4 Å². The molecule has 0 spiro atoms. The van der Waals surface area contributed by atoms with E-state index in [4.69, 9.17) is 14.2 Å². The lowest BCUT2D eigenvalue weighted by atomic mass is 10.1. The molecule has 3 N–H and O–H groups in total.